The number of hydrogen-bond donors (Lipinski definition) is 2. The molecule has 0 fully saturated rings. The van der Waals surface area contributed by atoms with Crippen LogP contribution in [0.25, 0.3) is 0 Å². The van der Waals surface area contributed by atoms with Crippen LogP contribution in [0, 0.1) is 0 Å². The predicted octanol–water partition coefficient (Wildman–Crippen LogP) is 0.0652. The highest BCUT2D eigenvalue weighted by molar-refractivity contribution is 7.98. The van der Waals surface area contributed by atoms with E-state index in [0.29, 0.717) is 11.5 Å². The number of carboxylic acid groups (broad SMARTS) is 1. The molecule has 5 nitrogen and oxygen atoms in total. The summed E-state index contributed by atoms with van der Waals surface area (Å²) in [5.41, 5.74) is 5.35. The van der Waals surface area contributed by atoms with Gasteiger partial charge in [-0.1, -0.05) is 0 Å². The Balaban J connectivity index is 2.29. The normalized spacial score (nSPS) is 12.7. The van der Waals surface area contributed by atoms with E-state index in [2.05, 4.69) is 4.98 Å². The fraction of sp³-hybridized carbons (Fsp3) is 0.500. The zero-order chi connectivity index (χ0) is 10.6. The summed E-state index contributed by atoms with van der Waals surface area (Å²) in [5, 5.41) is 8.53. The summed E-state index contributed by atoms with van der Waals surface area (Å²) in [6, 6.07) is -0.791. The van der Waals surface area contributed by atoms with E-state index in [0.717, 1.165) is 5.82 Å². The Kier molecular flexibility index (Phi) is 3.97. The lowest BCUT2D eigenvalue weighted by molar-refractivity contribution is -0.137. The van der Waals surface area contributed by atoms with E-state index in [4.69, 9.17) is 10.8 Å². The van der Waals surface area contributed by atoms with Crippen molar-refractivity contribution >= 4 is 17.7 Å². The quantitative estimate of drug-likeness (QED) is 0.726. The molecule has 1 unspecified atom stereocenters. The summed E-state index contributed by atoms with van der Waals surface area (Å²) >= 11 is 1.47. The average Bonchev–Trinajstić information content (AvgIpc) is 2.51. The van der Waals surface area contributed by atoms with Crippen molar-refractivity contribution in [3.63, 3.8) is 0 Å². The van der Waals surface area contributed by atoms with Crippen molar-refractivity contribution < 1.29 is 9.90 Å². The number of hydrogen-bond acceptors (Lipinski definition) is 4. The van der Waals surface area contributed by atoms with E-state index in [1.54, 1.807) is 6.20 Å². The highest BCUT2D eigenvalue weighted by Crippen LogP contribution is 2.10. The highest BCUT2D eigenvalue weighted by atomic mass is 32.2. The number of nitrogens with zero attached hydrogens (tertiary/aromatic N) is 2. The van der Waals surface area contributed by atoms with Gasteiger partial charge in [0.25, 0.3) is 0 Å². The van der Waals surface area contributed by atoms with Gasteiger partial charge in [0.1, 0.15) is 11.9 Å². The molecular formula is C8H13N3O2S. The Bertz CT molecular complexity index is 313. The monoisotopic (exact) mass is 215 g/mol. The van der Waals surface area contributed by atoms with Gasteiger partial charge in [-0.2, -0.15) is 11.8 Å². The minimum Gasteiger partial charge on any atom is -0.480 e. The number of aliphatic carboxylic acids is 1. The van der Waals surface area contributed by atoms with Crippen LogP contribution in [0.2, 0.25) is 0 Å². The standard InChI is InChI=1S/C8H13N3O2S/c1-11-3-2-10-7(11)5-14-4-6(9)8(12)13/h2-3,6H,4-5,9H2,1H3,(H,12,13). The summed E-state index contributed by atoms with van der Waals surface area (Å²) < 4.78 is 1.90. The molecule has 0 aliphatic carbocycles. The number of rotatable bonds is 5. The Labute approximate surface area is 86.3 Å². The third kappa shape index (κ3) is 3.04. The summed E-state index contributed by atoms with van der Waals surface area (Å²) in [5.74, 6) is 1.05. The number of carboxylic acids is 1. The van der Waals surface area contributed by atoms with Crippen molar-refractivity contribution in [2.75, 3.05) is 5.75 Å². The third-order valence-corrected chi connectivity index (χ3v) is 2.82. The first-order valence-corrected chi connectivity index (χ1v) is 5.29. The molecule has 0 radical (unpaired) electrons. The molecule has 0 saturated carbocycles. The van der Waals surface area contributed by atoms with Crippen molar-refractivity contribution in [2.24, 2.45) is 12.8 Å². The number of nitrogens with two attached hydrogens (primary N) is 1. The maximum absolute atomic E-state index is 10.4. The Morgan fingerprint density at radius 2 is 2.57 bits per heavy atom. The molecule has 0 aliphatic heterocycles. The van der Waals surface area contributed by atoms with Crippen LogP contribution in [-0.2, 0) is 17.6 Å². The average molecular weight is 215 g/mol. The van der Waals surface area contributed by atoms with Gasteiger partial charge in [0.15, 0.2) is 0 Å². The fourth-order valence-corrected chi connectivity index (χ4v) is 1.86. The van der Waals surface area contributed by atoms with Gasteiger partial charge < -0.3 is 15.4 Å². The molecule has 0 aromatic carbocycles. The molecule has 0 amide bonds. The van der Waals surface area contributed by atoms with Crippen LogP contribution in [0.15, 0.2) is 12.4 Å². The van der Waals surface area contributed by atoms with Crippen LogP contribution in [0.5, 0.6) is 0 Å². The molecule has 0 aliphatic rings. The first-order chi connectivity index (χ1) is 6.61. The number of carbonyl (C=O) groups is 1. The van der Waals surface area contributed by atoms with E-state index in [-0.39, 0.29) is 0 Å². The number of aromatic nitrogens is 2. The van der Waals surface area contributed by atoms with Crippen molar-refractivity contribution in [1.82, 2.24) is 9.55 Å². The first kappa shape index (κ1) is 11.1. The van der Waals surface area contributed by atoms with Crippen LogP contribution in [0.1, 0.15) is 5.82 Å². The zero-order valence-corrected chi connectivity index (χ0v) is 8.70. The molecule has 0 bridgehead atoms. The van der Waals surface area contributed by atoms with Crippen molar-refractivity contribution in [3.8, 4) is 0 Å². The Morgan fingerprint density at radius 1 is 1.86 bits per heavy atom. The molecule has 14 heavy (non-hydrogen) atoms. The number of aryl methyl sites for hydroxylation is 1. The molecule has 1 rings (SSSR count). The van der Waals surface area contributed by atoms with Crippen LogP contribution in [0.3, 0.4) is 0 Å². The minimum absolute atomic E-state index is 0.405. The predicted molar refractivity (Wildman–Crippen MR) is 55.0 cm³/mol. The molecule has 1 aromatic rings. The van der Waals surface area contributed by atoms with Crippen LogP contribution in [0.4, 0.5) is 0 Å². The zero-order valence-electron chi connectivity index (χ0n) is 7.88. The second-order valence-electron chi connectivity index (χ2n) is 2.91. The number of imidazole rings is 1. The summed E-state index contributed by atoms with van der Waals surface area (Å²) in [4.78, 5) is 14.5. The van der Waals surface area contributed by atoms with Gasteiger partial charge in [-0.15, -0.1) is 0 Å². The van der Waals surface area contributed by atoms with E-state index in [9.17, 15) is 4.79 Å². The van der Waals surface area contributed by atoms with E-state index in [1.807, 2.05) is 17.8 Å². The van der Waals surface area contributed by atoms with Gasteiger partial charge in [0, 0.05) is 25.2 Å². The van der Waals surface area contributed by atoms with E-state index < -0.39 is 12.0 Å². The largest absolute Gasteiger partial charge is 0.480 e. The molecule has 3 N–H and O–H groups in total. The molecular weight excluding hydrogens is 202 g/mol. The maximum Gasteiger partial charge on any atom is 0.321 e. The summed E-state index contributed by atoms with van der Waals surface area (Å²) in [6.07, 6.45) is 3.57. The molecule has 0 saturated heterocycles. The smallest absolute Gasteiger partial charge is 0.321 e. The Hall–Kier alpha value is -1.01. The fourth-order valence-electron chi connectivity index (χ4n) is 0.884. The van der Waals surface area contributed by atoms with Crippen molar-refractivity contribution in [1.29, 1.82) is 0 Å². The van der Waals surface area contributed by atoms with Gasteiger partial charge in [0.05, 0.1) is 5.75 Å². The second-order valence-corrected chi connectivity index (χ2v) is 3.94. The maximum atomic E-state index is 10.4. The molecule has 1 aromatic heterocycles. The van der Waals surface area contributed by atoms with Crippen LogP contribution in [-0.4, -0.2) is 32.4 Å². The van der Waals surface area contributed by atoms with Crippen molar-refractivity contribution in [2.45, 2.75) is 11.8 Å². The minimum atomic E-state index is -0.961. The van der Waals surface area contributed by atoms with Gasteiger partial charge >= 0.3 is 5.97 Å². The van der Waals surface area contributed by atoms with E-state index >= 15 is 0 Å². The molecule has 0 spiro atoms. The third-order valence-electron chi connectivity index (χ3n) is 1.77. The summed E-state index contributed by atoms with van der Waals surface area (Å²) in [7, 11) is 1.90. The lowest BCUT2D eigenvalue weighted by Gasteiger charge is -2.05. The van der Waals surface area contributed by atoms with E-state index in [1.165, 1.54) is 11.8 Å². The second kappa shape index (κ2) is 5.02. The van der Waals surface area contributed by atoms with Gasteiger partial charge in [-0.3, -0.25) is 4.79 Å². The lowest BCUT2D eigenvalue weighted by atomic mass is 10.4. The van der Waals surface area contributed by atoms with Gasteiger partial charge in [-0.25, -0.2) is 4.98 Å². The number of thioether (sulfide) groups is 1. The van der Waals surface area contributed by atoms with Crippen LogP contribution >= 0.6 is 11.8 Å². The first-order valence-electron chi connectivity index (χ1n) is 4.13. The Morgan fingerprint density at radius 3 is 3.07 bits per heavy atom. The highest BCUT2D eigenvalue weighted by Gasteiger charge is 2.11. The van der Waals surface area contributed by atoms with Crippen LogP contribution < -0.4 is 5.73 Å². The van der Waals surface area contributed by atoms with Gasteiger partial charge in [-0.05, 0) is 0 Å². The topological polar surface area (TPSA) is 81.1 Å². The SMILES string of the molecule is Cn1ccnc1CSCC(N)C(=O)O. The summed E-state index contributed by atoms with van der Waals surface area (Å²) in [6.45, 7) is 0. The molecule has 1 atom stereocenters. The molecule has 78 valence electrons. The molecule has 6 heteroatoms. The van der Waals surface area contributed by atoms with Crippen molar-refractivity contribution in [3.05, 3.63) is 18.2 Å². The molecule has 1 heterocycles. The van der Waals surface area contributed by atoms with Gasteiger partial charge in [0.2, 0.25) is 0 Å². The lowest BCUT2D eigenvalue weighted by Crippen LogP contribution is -2.32.